The second-order valence-corrected chi connectivity index (χ2v) is 8.85. The Morgan fingerprint density at radius 3 is 2.33 bits per heavy atom. The molecular formula is C26H23ClN2O3S. The number of anilines is 1. The minimum Gasteiger partial charge on any atom is -0.495 e. The van der Waals surface area contributed by atoms with Crippen LogP contribution in [0.2, 0.25) is 5.02 Å². The van der Waals surface area contributed by atoms with Gasteiger partial charge < -0.3 is 14.8 Å². The molecule has 1 amide bonds. The first-order valence-electron chi connectivity index (χ1n) is 10.3. The Morgan fingerprint density at radius 2 is 1.67 bits per heavy atom. The number of thiazole rings is 1. The summed E-state index contributed by atoms with van der Waals surface area (Å²) in [6.07, 6.45) is 0.112. The van der Waals surface area contributed by atoms with Crippen molar-refractivity contribution in [3.63, 3.8) is 0 Å². The standard InChI is InChI=1S/C26H23ClN2O3S/c1-16-9-11-17(12-10-16)25-21(29-26(33-25)18-7-5-4-6-8-18)15-24(30)28-20-14-22(31-2)19(27)13-23(20)32-3/h4-14H,15H2,1-3H3,(H,28,30). The van der Waals surface area contributed by atoms with Gasteiger partial charge in [-0.25, -0.2) is 4.98 Å². The van der Waals surface area contributed by atoms with Crippen molar-refractivity contribution in [1.29, 1.82) is 0 Å². The second kappa shape index (κ2) is 10.1. The average Bonchev–Trinajstić information content (AvgIpc) is 3.24. The van der Waals surface area contributed by atoms with Crippen molar-refractivity contribution >= 4 is 34.5 Å². The van der Waals surface area contributed by atoms with E-state index < -0.39 is 0 Å². The van der Waals surface area contributed by atoms with Crippen molar-refractivity contribution in [2.24, 2.45) is 0 Å². The Morgan fingerprint density at radius 1 is 0.970 bits per heavy atom. The molecule has 0 radical (unpaired) electrons. The number of amides is 1. The number of nitrogens with zero attached hydrogens (tertiary/aromatic N) is 1. The fourth-order valence-electron chi connectivity index (χ4n) is 3.41. The summed E-state index contributed by atoms with van der Waals surface area (Å²) in [5.41, 5.74) is 4.44. The zero-order chi connectivity index (χ0) is 23.4. The number of rotatable bonds is 7. The third kappa shape index (κ3) is 5.18. The van der Waals surface area contributed by atoms with Gasteiger partial charge in [0.05, 0.1) is 41.9 Å². The van der Waals surface area contributed by atoms with E-state index in [0.29, 0.717) is 22.2 Å². The van der Waals surface area contributed by atoms with Crippen molar-refractivity contribution in [3.8, 4) is 32.5 Å². The normalized spacial score (nSPS) is 10.7. The van der Waals surface area contributed by atoms with Gasteiger partial charge in [-0.2, -0.15) is 0 Å². The first-order valence-corrected chi connectivity index (χ1v) is 11.5. The summed E-state index contributed by atoms with van der Waals surface area (Å²) in [4.78, 5) is 18.9. The largest absolute Gasteiger partial charge is 0.495 e. The maximum Gasteiger partial charge on any atom is 0.230 e. The maximum atomic E-state index is 13.0. The third-order valence-electron chi connectivity index (χ3n) is 5.11. The van der Waals surface area contributed by atoms with Crippen molar-refractivity contribution in [2.45, 2.75) is 13.3 Å². The number of nitrogens with one attached hydrogen (secondary N) is 1. The number of benzene rings is 3. The van der Waals surface area contributed by atoms with E-state index >= 15 is 0 Å². The number of methoxy groups -OCH3 is 2. The lowest BCUT2D eigenvalue weighted by Crippen LogP contribution is -2.16. The molecule has 0 aliphatic rings. The number of hydrogen-bond acceptors (Lipinski definition) is 5. The lowest BCUT2D eigenvalue weighted by molar-refractivity contribution is -0.115. The van der Waals surface area contributed by atoms with Crippen LogP contribution in [-0.2, 0) is 11.2 Å². The Hall–Kier alpha value is -3.35. The number of hydrogen-bond donors (Lipinski definition) is 1. The van der Waals surface area contributed by atoms with E-state index in [1.54, 1.807) is 23.5 Å². The number of halogens is 1. The van der Waals surface area contributed by atoms with Gasteiger partial charge in [0.25, 0.3) is 0 Å². The summed E-state index contributed by atoms with van der Waals surface area (Å²) in [6.45, 7) is 2.05. The van der Waals surface area contributed by atoms with Crippen LogP contribution >= 0.6 is 22.9 Å². The molecular weight excluding hydrogens is 456 g/mol. The fraction of sp³-hybridized carbons (Fsp3) is 0.154. The Bertz CT molecular complexity index is 1270. The highest BCUT2D eigenvalue weighted by Gasteiger charge is 2.19. The van der Waals surface area contributed by atoms with Crippen molar-refractivity contribution in [1.82, 2.24) is 4.98 Å². The minimum atomic E-state index is -0.212. The third-order valence-corrected chi connectivity index (χ3v) is 6.60. The summed E-state index contributed by atoms with van der Waals surface area (Å²) in [5, 5.41) is 4.19. The molecule has 5 nitrogen and oxygen atoms in total. The number of ether oxygens (including phenoxy) is 2. The van der Waals surface area contributed by atoms with E-state index in [4.69, 9.17) is 26.1 Å². The zero-order valence-corrected chi connectivity index (χ0v) is 20.1. The molecule has 0 aliphatic heterocycles. The summed E-state index contributed by atoms with van der Waals surface area (Å²) in [5.74, 6) is 0.695. The van der Waals surface area contributed by atoms with Gasteiger partial charge in [-0.15, -0.1) is 11.3 Å². The Labute approximate surface area is 202 Å². The predicted molar refractivity (Wildman–Crippen MR) is 135 cm³/mol. The maximum absolute atomic E-state index is 13.0. The highest BCUT2D eigenvalue weighted by Crippen LogP contribution is 2.38. The fourth-order valence-corrected chi connectivity index (χ4v) is 4.73. The number of aromatic nitrogens is 1. The van der Waals surface area contributed by atoms with E-state index in [1.165, 1.54) is 19.8 Å². The number of aryl methyl sites for hydroxylation is 1. The Kier molecular flexibility index (Phi) is 6.96. The molecule has 4 aromatic rings. The van der Waals surface area contributed by atoms with E-state index in [0.717, 1.165) is 26.7 Å². The van der Waals surface area contributed by atoms with Crippen molar-refractivity contribution in [2.75, 3.05) is 19.5 Å². The van der Waals surface area contributed by atoms with E-state index in [2.05, 4.69) is 29.6 Å². The molecule has 0 fully saturated rings. The van der Waals surface area contributed by atoms with E-state index in [-0.39, 0.29) is 12.3 Å². The first kappa shape index (κ1) is 22.8. The monoisotopic (exact) mass is 478 g/mol. The molecule has 0 unspecified atom stereocenters. The summed E-state index contributed by atoms with van der Waals surface area (Å²) in [7, 11) is 3.05. The molecule has 0 spiro atoms. The van der Waals surface area contributed by atoms with Crippen LogP contribution in [-0.4, -0.2) is 25.1 Å². The number of carbonyl (C=O) groups is 1. The zero-order valence-electron chi connectivity index (χ0n) is 18.5. The van der Waals surface area contributed by atoms with Crippen LogP contribution in [0.15, 0.2) is 66.7 Å². The van der Waals surface area contributed by atoms with Crippen LogP contribution in [0.25, 0.3) is 21.0 Å². The van der Waals surface area contributed by atoms with Gasteiger partial charge in [-0.3, -0.25) is 4.79 Å². The first-order chi connectivity index (χ1) is 16.0. The van der Waals surface area contributed by atoms with Crippen LogP contribution < -0.4 is 14.8 Å². The molecule has 1 heterocycles. The van der Waals surface area contributed by atoms with Gasteiger partial charge in [-0.1, -0.05) is 71.8 Å². The van der Waals surface area contributed by atoms with Gasteiger partial charge in [-0.05, 0) is 12.5 Å². The summed E-state index contributed by atoms with van der Waals surface area (Å²) in [6, 6.07) is 21.5. The van der Waals surface area contributed by atoms with Gasteiger partial charge in [0.15, 0.2) is 0 Å². The summed E-state index contributed by atoms with van der Waals surface area (Å²) < 4.78 is 10.6. The SMILES string of the molecule is COc1cc(NC(=O)Cc2nc(-c3ccccc3)sc2-c2ccc(C)cc2)c(OC)cc1Cl. The minimum absolute atomic E-state index is 0.112. The van der Waals surface area contributed by atoms with E-state index in [1.807, 2.05) is 37.3 Å². The highest BCUT2D eigenvalue weighted by molar-refractivity contribution is 7.18. The topological polar surface area (TPSA) is 60.5 Å². The summed E-state index contributed by atoms with van der Waals surface area (Å²) >= 11 is 7.76. The van der Waals surface area contributed by atoms with Crippen LogP contribution in [0, 0.1) is 6.92 Å². The van der Waals surface area contributed by atoms with Crippen LogP contribution in [0.3, 0.4) is 0 Å². The highest BCUT2D eigenvalue weighted by atomic mass is 35.5. The molecule has 1 aromatic heterocycles. The van der Waals surface area contributed by atoms with Gasteiger partial charge in [0.1, 0.15) is 16.5 Å². The van der Waals surface area contributed by atoms with Crippen LogP contribution in [0.5, 0.6) is 11.5 Å². The van der Waals surface area contributed by atoms with E-state index in [9.17, 15) is 4.79 Å². The molecule has 168 valence electrons. The average molecular weight is 479 g/mol. The van der Waals surface area contributed by atoms with Crippen LogP contribution in [0.1, 0.15) is 11.3 Å². The lowest BCUT2D eigenvalue weighted by Gasteiger charge is -2.13. The smallest absolute Gasteiger partial charge is 0.230 e. The molecule has 1 N–H and O–H groups in total. The second-order valence-electron chi connectivity index (χ2n) is 7.44. The molecule has 0 aliphatic carbocycles. The molecule has 0 saturated carbocycles. The molecule has 7 heteroatoms. The Balaban J connectivity index is 1.66. The molecule has 33 heavy (non-hydrogen) atoms. The van der Waals surface area contributed by atoms with Gasteiger partial charge >= 0.3 is 0 Å². The molecule has 0 bridgehead atoms. The van der Waals surface area contributed by atoms with Crippen molar-refractivity contribution in [3.05, 3.63) is 83.0 Å². The molecule has 0 saturated heterocycles. The van der Waals surface area contributed by atoms with Gasteiger partial charge in [0, 0.05) is 17.7 Å². The lowest BCUT2D eigenvalue weighted by atomic mass is 10.1. The van der Waals surface area contributed by atoms with Gasteiger partial charge in [0.2, 0.25) is 5.91 Å². The molecule has 0 atom stereocenters. The van der Waals surface area contributed by atoms with Crippen molar-refractivity contribution < 1.29 is 14.3 Å². The molecule has 3 aromatic carbocycles. The number of carbonyl (C=O) groups excluding carboxylic acids is 1. The van der Waals surface area contributed by atoms with Crippen LogP contribution in [0.4, 0.5) is 5.69 Å². The quantitative estimate of drug-likeness (QED) is 0.323. The molecule has 4 rings (SSSR count). The predicted octanol–water partition coefficient (Wildman–Crippen LogP) is 6.64.